The predicted molar refractivity (Wildman–Crippen MR) is 96.0 cm³/mol. The lowest BCUT2D eigenvalue weighted by atomic mass is 10.2. The van der Waals surface area contributed by atoms with Gasteiger partial charge in [0.1, 0.15) is 0 Å². The summed E-state index contributed by atoms with van der Waals surface area (Å²) >= 11 is 1.73. The van der Waals surface area contributed by atoms with Crippen molar-refractivity contribution in [2.24, 2.45) is 0 Å². The molecule has 1 N–H and O–H groups in total. The summed E-state index contributed by atoms with van der Waals surface area (Å²) in [5, 5.41) is 4.91. The van der Waals surface area contributed by atoms with Crippen LogP contribution in [0.4, 0.5) is 5.69 Å². The predicted octanol–water partition coefficient (Wildman–Crippen LogP) is 2.93. The summed E-state index contributed by atoms with van der Waals surface area (Å²) in [6.45, 7) is 1.26. The molecule has 1 amide bonds. The van der Waals surface area contributed by atoms with Gasteiger partial charge in [0.25, 0.3) is 0 Å². The average Bonchev–Trinajstić information content (AvgIpc) is 3.17. The Labute approximate surface area is 146 Å². The highest BCUT2D eigenvalue weighted by atomic mass is 32.2. The number of thiophene rings is 1. The van der Waals surface area contributed by atoms with Crippen molar-refractivity contribution in [3.05, 3.63) is 46.7 Å². The van der Waals surface area contributed by atoms with Crippen LogP contribution >= 0.6 is 11.3 Å². The zero-order chi connectivity index (χ0) is 17.2. The molecule has 1 aromatic heterocycles. The van der Waals surface area contributed by atoms with Gasteiger partial charge < -0.3 is 5.32 Å². The smallest absolute Gasteiger partial charge is 0.238 e. The van der Waals surface area contributed by atoms with Crippen molar-refractivity contribution in [2.45, 2.75) is 23.8 Å². The summed E-state index contributed by atoms with van der Waals surface area (Å²) < 4.78 is 22.9. The monoisotopic (exact) mass is 364 g/mol. The Hall–Kier alpha value is -1.70. The third kappa shape index (κ3) is 4.03. The fourth-order valence-corrected chi connectivity index (χ4v) is 4.51. The molecule has 1 saturated heterocycles. The third-order valence-electron chi connectivity index (χ3n) is 4.15. The van der Waals surface area contributed by atoms with Crippen molar-refractivity contribution in [3.8, 4) is 0 Å². The van der Waals surface area contributed by atoms with Crippen molar-refractivity contribution >= 4 is 32.8 Å². The fourth-order valence-electron chi connectivity index (χ4n) is 2.99. The first-order chi connectivity index (χ1) is 11.4. The zero-order valence-electron chi connectivity index (χ0n) is 13.4. The van der Waals surface area contributed by atoms with Crippen molar-refractivity contribution < 1.29 is 13.2 Å². The van der Waals surface area contributed by atoms with Gasteiger partial charge in [-0.2, -0.15) is 0 Å². The largest absolute Gasteiger partial charge is 0.325 e. The number of hydrogen-bond acceptors (Lipinski definition) is 5. The second-order valence-electron chi connectivity index (χ2n) is 5.99. The van der Waals surface area contributed by atoms with Crippen LogP contribution in [0.3, 0.4) is 0 Å². The molecule has 1 fully saturated rings. The van der Waals surface area contributed by atoms with Crippen LogP contribution in [0.1, 0.15) is 23.8 Å². The molecule has 5 nitrogen and oxygen atoms in total. The highest BCUT2D eigenvalue weighted by molar-refractivity contribution is 7.90. The molecular formula is C17H20N2O3S2. The maximum atomic E-state index is 12.3. The van der Waals surface area contributed by atoms with E-state index in [0.717, 1.165) is 19.4 Å². The van der Waals surface area contributed by atoms with E-state index in [4.69, 9.17) is 0 Å². The molecule has 0 aliphatic carbocycles. The Bertz CT molecular complexity index is 799. The molecule has 0 bridgehead atoms. The molecular weight excluding hydrogens is 344 g/mol. The Morgan fingerprint density at radius 2 is 2.04 bits per heavy atom. The van der Waals surface area contributed by atoms with Crippen LogP contribution in [0.25, 0.3) is 0 Å². The number of carbonyl (C=O) groups excluding carboxylic acids is 1. The Morgan fingerprint density at radius 1 is 1.29 bits per heavy atom. The van der Waals surface area contributed by atoms with Crippen LogP contribution in [-0.2, 0) is 14.6 Å². The molecule has 128 valence electrons. The molecule has 7 heteroatoms. The lowest BCUT2D eigenvalue weighted by Gasteiger charge is -2.22. The minimum absolute atomic E-state index is 0.0782. The van der Waals surface area contributed by atoms with Crippen LogP contribution in [-0.4, -0.2) is 38.6 Å². The van der Waals surface area contributed by atoms with E-state index in [-0.39, 0.29) is 10.8 Å². The summed E-state index contributed by atoms with van der Waals surface area (Å²) in [7, 11) is -3.22. The molecule has 1 aromatic carbocycles. The van der Waals surface area contributed by atoms with E-state index in [1.54, 1.807) is 23.5 Å². The first-order valence-corrected chi connectivity index (χ1v) is 10.6. The van der Waals surface area contributed by atoms with Gasteiger partial charge in [-0.3, -0.25) is 9.69 Å². The maximum Gasteiger partial charge on any atom is 0.238 e. The first kappa shape index (κ1) is 17.1. The number of sulfone groups is 1. The van der Waals surface area contributed by atoms with Crippen LogP contribution in [0.15, 0.2) is 46.7 Å². The lowest BCUT2D eigenvalue weighted by molar-refractivity contribution is -0.117. The molecule has 2 aromatic rings. The first-order valence-electron chi connectivity index (χ1n) is 7.81. The normalized spacial score (nSPS) is 18.6. The van der Waals surface area contributed by atoms with Crippen molar-refractivity contribution in [2.75, 3.05) is 24.7 Å². The van der Waals surface area contributed by atoms with Crippen molar-refractivity contribution in [1.29, 1.82) is 0 Å². The Kier molecular flexibility index (Phi) is 5.03. The summed E-state index contributed by atoms with van der Waals surface area (Å²) in [6.07, 6.45) is 3.34. The number of carbonyl (C=O) groups is 1. The Morgan fingerprint density at radius 3 is 2.67 bits per heavy atom. The third-order valence-corrected chi connectivity index (χ3v) is 6.25. The van der Waals surface area contributed by atoms with Gasteiger partial charge in [-0.15, -0.1) is 11.3 Å². The van der Waals surface area contributed by atoms with Gasteiger partial charge in [-0.05, 0) is 55.1 Å². The number of hydrogen-bond donors (Lipinski definition) is 1. The van der Waals surface area contributed by atoms with Crippen molar-refractivity contribution in [3.63, 3.8) is 0 Å². The fraction of sp³-hybridized carbons (Fsp3) is 0.353. The number of rotatable bonds is 5. The average molecular weight is 364 g/mol. The van der Waals surface area contributed by atoms with Crippen molar-refractivity contribution in [1.82, 2.24) is 4.90 Å². The van der Waals surface area contributed by atoms with Gasteiger partial charge in [0.15, 0.2) is 9.84 Å². The van der Waals surface area contributed by atoms with Gasteiger partial charge in [-0.1, -0.05) is 6.07 Å². The van der Waals surface area contributed by atoms with E-state index in [1.807, 2.05) is 6.07 Å². The van der Waals surface area contributed by atoms with Crippen LogP contribution < -0.4 is 5.32 Å². The van der Waals surface area contributed by atoms with E-state index in [2.05, 4.69) is 21.7 Å². The van der Waals surface area contributed by atoms with Crippen LogP contribution in [0, 0.1) is 0 Å². The van der Waals surface area contributed by atoms with E-state index in [0.29, 0.717) is 18.3 Å². The standard InChI is InChI=1S/C17H20N2O3S2/c1-24(21,22)14-8-6-13(7-9-14)18-17(20)12-19-10-2-4-15(19)16-5-3-11-23-16/h3,5-9,11,15H,2,4,10,12H2,1H3,(H,18,20)/t15-/m1/s1. The summed E-state index contributed by atoms with van der Waals surface area (Å²) in [5.74, 6) is -0.0782. The molecule has 0 saturated carbocycles. The van der Waals surface area contributed by atoms with Gasteiger partial charge >= 0.3 is 0 Å². The lowest BCUT2D eigenvalue weighted by Crippen LogP contribution is -2.32. The number of anilines is 1. The molecule has 0 spiro atoms. The molecule has 24 heavy (non-hydrogen) atoms. The second-order valence-corrected chi connectivity index (χ2v) is 8.98. The van der Waals surface area contributed by atoms with E-state index in [1.165, 1.54) is 23.3 Å². The van der Waals surface area contributed by atoms with Gasteiger partial charge in [0.2, 0.25) is 5.91 Å². The highest BCUT2D eigenvalue weighted by Crippen LogP contribution is 2.34. The molecule has 1 aliphatic heterocycles. The van der Waals surface area contributed by atoms with E-state index in [9.17, 15) is 13.2 Å². The van der Waals surface area contributed by atoms with Crippen LogP contribution in [0.5, 0.6) is 0 Å². The minimum Gasteiger partial charge on any atom is -0.325 e. The number of benzene rings is 1. The van der Waals surface area contributed by atoms with Gasteiger partial charge in [-0.25, -0.2) is 8.42 Å². The molecule has 0 radical (unpaired) electrons. The summed E-state index contributed by atoms with van der Waals surface area (Å²) in [6, 6.07) is 10.7. The minimum atomic E-state index is -3.22. The molecule has 1 aliphatic rings. The maximum absolute atomic E-state index is 12.3. The molecule has 1 atom stereocenters. The molecule has 3 rings (SSSR count). The quantitative estimate of drug-likeness (QED) is 0.886. The summed E-state index contributed by atoms with van der Waals surface area (Å²) in [4.78, 5) is 16.0. The Balaban J connectivity index is 1.61. The van der Waals surface area contributed by atoms with E-state index >= 15 is 0 Å². The molecule has 2 heterocycles. The highest BCUT2D eigenvalue weighted by Gasteiger charge is 2.28. The van der Waals surface area contributed by atoms with Crippen LogP contribution in [0.2, 0.25) is 0 Å². The number of likely N-dealkylation sites (tertiary alicyclic amines) is 1. The van der Waals surface area contributed by atoms with E-state index < -0.39 is 9.84 Å². The topological polar surface area (TPSA) is 66.5 Å². The SMILES string of the molecule is CS(=O)(=O)c1ccc(NC(=O)CN2CCC[C@@H]2c2cccs2)cc1. The number of amides is 1. The molecule has 0 unspecified atom stereocenters. The zero-order valence-corrected chi connectivity index (χ0v) is 15.1. The van der Waals surface area contributed by atoms with Gasteiger partial charge in [0.05, 0.1) is 11.4 Å². The van der Waals surface area contributed by atoms with Gasteiger partial charge in [0, 0.05) is 22.9 Å². The second kappa shape index (κ2) is 7.04. The number of nitrogens with one attached hydrogen (secondary N) is 1. The summed E-state index contributed by atoms with van der Waals surface area (Å²) in [5.41, 5.74) is 0.610. The number of nitrogens with zero attached hydrogens (tertiary/aromatic N) is 1.